The van der Waals surface area contributed by atoms with Gasteiger partial charge in [-0.1, -0.05) is 25.4 Å². The van der Waals surface area contributed by atoms with Gasteiger partial charge in [0.15, 0.2) is 0 Å². The third-order valence-corrected chi connectivity index (χ3v) is 3.22. The summed E-state index contributed by atoms with van der Waals surface area (Å²) in [5.41, 5.74) is 0.758. The number of nitrogens with one attached hydrogen (secondary N) is 1. The van der Waals surface area contributed by atoms with Crippen molar-refractivity contribution in [1.82, 2.24) is 0 Å². The van der Waals surface area contributed by atoms with Crippen LogP contribution >= 0.6 is 11.6 Å². The molecule has 1 rings (SSSR count). The fourth-order valence-electron chi connectivity index (χ4n) is 1.56. The molecule has 1 aromatic carbocycles. The van der Waals surface area contributed by atoms with E-state index in [1.165, 1.54) is 12.1 Å². The SMILES string of the molecule is COCCC(C)(C)CNc1ccc([N+](=O)[O-])cc1Cl. The number of benzene rings is 1. The Morgan fingerprint density at radius 2 is 2.16 bits per heavy atom. The van der Waals surface area contributed by atoms with Gasteiger partial charge in [-0.3, -0.25) is 10.1 Å². The summed E-state index contributed by atoms with van der Waals surface area (Å²) < 4.78 is 5.07. The topological polar surface area (TPSA) is 64.4 Å². The summed E-state index contributed by atoms with van der Waals surface area (Å²) in [5.74, 6) is 0. The van der Waals surface area contributed by atoms with Crippen molar-refractivity contribution in [2.45, 2.75) is 20.3 Å². The van der Waals surface area contributed by atoms with E-state index >= 15 is 0 Å². The van der Waals surface area contributed by atoms with E-state index < -0.39 is 4.92 Å². The fraction of sp³-hybridized carbons (Fsp3) is 0.538. The van der Waals surface area contributed by atoms with Gasteiger partial charge >= 0.3 is 0 Å². The van der Waals surface area contributed by atoms with E-state index in [1.54, 1.807) is 13.2 Å². The molecule has 0 heterocycles. The Balaban J connectivity index is 2.65. The maximum absolute atomic E-state index is 10.6. The molecule has 6 heteroatoms. The number of nitrogens with zero attached hydrogens (tertiary/aromatic N) is 1. The molecule has 0 radical (unpaired) electrons. The lowest BCUT2D eigenvalue weighted by Gasteiger charge is -2.25. The Bertz CT molecular complexity index is 450. The van der Waals surface area contributed by atoms with Crippen LogP contribution in [0.3, 0.4) is 0 Å². The summed E-state index contributed by atoms with van der Waals surface area (Å²) in [6.45, 7) is 5.66. The quantitative estimate of drug-likeness (QED) is 0.613. The number of nitro groups is 1. The van der Waals surface area contributed by atoms with Crippen molar-refractivity contribution in [1.29, 1.82) is 0 Å². The second kappa shape index (κ2) is 6.73. The van der Waals surface area contributed by atoms with Gasteiger partial charge in [-0.2, -0.15) is 0 Å². The first-order valence-corrected chi connectivity index (χ1v) is 6.40. The van der Waals surface area contributed by atoms with Crippen LogP contribution in [0.4, 0.5) is 11.4 Å². The average molecular weight is 287 g/mol. The summed E-state index contributed by atoms with van der Waals surface area (Å²) in [6, 6.07) is 4.43. The molecule has 0 saturated heterocycles. The number of hydrogen-bond acceptors (Lipinski definition) is 4. The highest BCUT2D eigenvalue weighted by molar-refractivity contribution is 6.33. The molecule has 0 bridgehead atoms. The van der Waals surface area contributed by atoms with E-state index in [-0.39, 0.29) is 11.1 Å². The monoisotopic (exact) mass is 286 g/mol. The Morgan fingerprint density at radius 1 is 1.47 bits per heavy atom. The molecule has 0 amide bonds. The first kappa shape index (κ1) is 15.7. The Kier molecular flexibility index (Phi) is 5.57. The maximum Gasteiger partial charge on any atom is 0.271 e. The molecular formula is C13H19ClN2O3. The third-order valence-electron chi connectivity index (χ3n) is 2.90. The normalized spacial score (nSPS) is 11.4. The zero-order valence-corrected chi connectivity index (χ0v) is 12.2. The summed E-state index contributed by atoms with van der Waals surface area (Å²) >= 11 is 6.02. The van der Waals surface area contributed by atoms with E-state index in [1.807, 2.05) is 0 Å². The first-order chi connectivity index (χ1) is 8.85. The average Bonchev–Trinajstić information content (AvgIpc) is 2.35. The largest absolute Gasteiger partial charge is 0.385 e. The number of methoxy groups -OCH3 is 1. The molecule has 0 unspecified atom stereocenters. The number of ether oxygens (including phenoxy) is 1. The molecule has 1 aromatic rings. The van der Waals surface area contributed by atoms with Crippen molar-refractivity contribution in [3.63, 3.8) is 0 Å². The summed E-state index contributed by atoms with van der Waals surface area (Å²) in [7, 11) is 1.68. The highest BCUT2D eigenvalue weighted by atomic mass is 35.5. The van der Waals surface area contributed by atoms with E-state index in [9.17, 15) is 10.1 Å². The van der Waals surface area contributed by atoms with Crippen molar-refractivity contribution in [3.8, 4) is 0 Å². The van der Waals surface area contributed by atoms with Gasteiger partial charge in [-0.25, -0.2) is 0 Å². The lowest BCUT2D eigenvalue weighted by atomic mass is 9.89. The van der Waals surface area contributed by atoms with Crippen LogP contribution in [0.25, 0.3) is 0 Å². The van der Waals surface area contributed by atoms with E-state index in [2.05, 4.69) is 19.2 Å². The lowest BCUT2D eigenvalue weighted by Crippen LogP contribution is -2.24. The number of hydrogen-bond donors (Lipinski definition) is 1. The van der Waals surface area contributed by atoms with Crippen molar-refractivity contribution in [2.24, 2.45) is 5.41 Å². The molecule has 0 aliphatic rings. The van der Waals surface area contributed by atoms with Gasteiger partial charge in [0.05, 0.1) is 15.6 Å². The van der Waals surface area contributed by atoms with Crippen molar-refractivity contribution in [3.05, 3.63) is 33.3 Å². The molecule has 0 fully saturated rings. The molecule has 0 aliphatic carbocycles. The molecule has 0 spiro atoms. The summed E-state index contributed by atoms with van der Waals surface area (Å²) in [5, 5.41) is 14.2. The number of rotatable bonds is 7. The highest BCUT2D eigenvalue weighted by Gasteiger charge is 2.18. The van der Waals surface area contributed by atoms with Crippen LogP contribution in [0, 0.1) is 15.5 Å². The standard InChI is InChI=1S/C13H19ClN2O3/c1-13(2,6-7-19-3)9-15-12-5-4-10(16(17)18)8-11(12)14/h4-5,8,15H,6-7,9H2,1-3H3. The number of nitro benzene ring substituents is 1. The second-order valence-electron chi connectivity index (χ2n) is 5.18. The molecule has 0 atom stereocenters. The lowest BCUT2D eigenvalue weighted by molar-refractivity contribution is -0.384. The summed E-state index contributed by atoms with van der Waals surface area (Å²) in [6.07, 6.45) is 0.918. The van der Waals surface area contributed by atoms with Crippen LogP contribution in [0.15, 0.2) is 18.2 Å². The highest BCUT2D eigenvalue weighted by Crippen LogP contribution is 2.28. The molecule has 106 valence electrons. The molecule has 5 nitrogen and oxygen atoms in total. The minimum absolute atomic E-state index is 0.00538. The predicted octanol–water partition coefficient (Wildman–Crippen LogP) is 3.72. The van der Waals surface area contributed by atoms with Gasteiger partial charge in [-0.05, 0) is 17.9 Å². The Hall–Kier alpha value is -1.33. The minimum atomic E-state index is -0.460. The van der Waals surface area contributed by atoms with Crippen LogP contribution < -0.4 is 5.32 Å². The maximum atomic E-state index is 10.6. The fourth-order valence-corrected chi connectivity index (χ4v) is 1.80. The van der Waals surface area contributed by atoms with Gasteiger partial charge in [0.1, 0.15) is 0 Å². The van der Waals surface area contributed by atoms with Crippen LogP contribution in [-0.2, 0) is 4.74 Å². The van der Waals surface area contributed by atoms with E-state index in [0.29, 0.717) is 23.9 Å². The zero-order valence-electron chi connectivity index (χ0n) is 11.4. The van der Waals surface area contributed by atoms with Gasteiger partial charge in [0.2, 0.25) is 0 Å². The van der Waals surface area contributed by atoms with Gasteiger partial charge < -0.3 is 10.1 Å². The number of non-ortho nitro benzene ring substituents is 1. The molecular weight excluding hydrogens is 268 g/mol. The third kappa shape index (κ3) is 5.04. The summed E-state index contributed by atoms with van der Waals surface area (Å²) in [4.78, 5) is 10.2. The van der Waals surface area contributed by atoms with E-state index in [0.717, 1.165) is 6.42 Å². The van der Waals surface area contributed by atoms with Gasteiger partial charge in [-0.15, -0.1) is 0 Å². The van der Waals surface area contributed by atoms with Crippen molar-refractivity contribution >= 4 is 23.0 Å². The van der Waals surface area contributed by atoms with Crippen LogP contribution in [0.1, 0.15) is 20.3 Å². The van der Waals surface area contributed by atoms with E-state index in [4.69, 9.17) is 16.3 Å². The van der Waals surface area contributed by atoms with Gasteiger partial charge in [0, 0.05) is 32.4 Å². The predicted molar refractivity (Wildman–Crippen MR) is 76.9 cm³/mol. The molecule has 19 heavy (non-hydrogen) atoms. The second-order valence-corrected chi connectivity index (χ2v) is 5.59. The minimum Gasteiger partial charge on any atom is -0.385 e. The molecule has 0 aliphatic heterocycles. The van der Waals surface area contributed by atoms with Crippen LogP contribution in [0.2, 0.25) is 5.02 Å². The number of halogens is 1. The molecule has 0 aromatic heterocycles. The smallest absolute Gasteiger partial charge is 0.271 e. The van der Waals surface area contributed by atoms with Crippen molar-refractivity contribution < 1.29 is 9.66 Å². The van der Waals surface area contributed by atoms with Crippen molar-refractivity contribution in [2.75, 3.05) is 25.6 Å². The zero-order chi connectivity index (χ0) is 14.5. The number of anilines is 1. The Labute approximate surface area is 118 Å². The molecule has 1 N–H and O–H groups in total. The Morgan fingerprint density at radius 3 is 2.68 bits per heavy atom. The van der Waals surface area contributed by atoms with Crippen LogP contribution in [0.5, 0.6) is 0 Å². The van der Waals surface area contributed by atoms with Crippen LogP contribution in [-0.4, -0.2) is 25.2 Å². The first-order valence-electron chi connectivity index (χ1n) is 6.02. The molecule has 0 saturated carbocycles. The van der Waals surface area contributed by atoms with Gasteiger partial charge in [0.25, 0.3) is 5.69 Å².